The lowest BCUT2D eigenvalue weighted by Gasteiger charge is -2.33. The molecule has 1 aliphatic heterocycles. The maximum absolute atomic E-state index is 13.2. The zero-order valence-corrected chi connectivity index (χ0v) is 12.2. The van der Waals surface area contributed by atoms with E-state index in [2.05, 4.69) is 14.5 Å². The first-order valence-corrected chi connectivity index (χ1v) is 7.46. The fourth-order valence-corrected chi connectivity index (χ4v) is 2.96. The summed E-state index contributed by atoms with van der Waals surface area (Å²) in [6.07, 6.45) is 6.74. The molecular weight excluding hydrogens is 288 g/mol. The predicted octanol–water partition coefficient (Wildman–Crippen LogP) is 2.53. The third-order valence-electron chi connectivity index (χ3n) is 4.26. The number of aromatic nitrogens is 2. The lowest BCUT2D eigenvalue weighted by Crippen LogP contribution is -2.37. The van der Waals surface area contributed by atoms with Crippen molar-refractivity contribution in [3.63, 3.8) is 0 Å². The number of halogens is 2. The second kappa shape index (κ2) is 6.54. The maximum Gasteiger partial charge on any atom is 0.159 e. The van der Waals surface area contributed by atoms with Crippen LogP contribution in [0.1, 0.15) is 30.6 Å². The van der Waals surface area contributed by atoms with Crippen molar-refractivity contribution in [1.29, 1.82) is 0 Å². The quantitative estimate of drug-likeness (QED) is 0.944. The van der Waals surface area contributed by atoms with E-state index in [1.54, 1.807) is 6.20 Å². The molecule has 0 spiro atoms. The number of rotatable bonds is 4. The summed E-state index contributed by atoms with van der Waals surface area (Å²) in [5.74, 6) is -1.81. The van der Waals surface area contributed by atoms with Crippen molar-refractivity contribution in [1.82, 2.24) is 14.5 Å². The number of hydrogen-bond donors (Lipinski definition) is 1. The average Bonchev–Trinajstić information content (AvgIpc) is 3.05. The maximum atomic E-state index is 13.2. The van der Waals surface area contributed by atoms with Crippen LogP contribution in [0.2, 0.25) is 0 Å². The summed E-state index contributed by atoms with van der Waals surface area (Å²) in [5, 5.41) is 10.2. The van der Waals surface area contributed by atoms with Gasteiger partial charge in [0.1, 0.15) is 0 Å². The molecule has 1 aliphatic rings. The smallest absolute Gasteiger partial charge is 0.159 e. The van der Waals surface area contributed by atoms with E-state index in [-0.39, 0.29) is 0 Å². The SMILES string of the molecule is OC(CN1CCC(n2ccnc2)CC1)c1ccc(F)c(F)c1. The van der Waals surface area contributed by atoms with Crippen LogP contribution in [-0.4, -0.2) is 39.2 Å². The van der Waals surface area contributed by atoms with Crippen LogP contribution in [0.4, 0.5) is 8.78 Å². The van der Waals surface area contributed by atoms with Crippen LogP contribution in [0.5, 0.6) is 0 Å². The van der Waals surface area contributed by atoms with E-state index >= 15 is 0 Å². The molecule has 0 bridgehead atoms. The summed E-state index contributed by atoms with van der Waals surface area (Å²) >= 11 is 0. The minimum Gasteiger partial charge on any atom is -0.387 e. The number of aliphatic hydroxyl groups is 1. The summed E-state index contributed by atoms with van der Waals surface area (Å²) in [7, 11) is 0. The molecule has 22 heavy (non-hydrogen) atoms. The van der Waals surface area contributed by atoms with Crippen molar-refractivity contribution >= 4 is 0 Å². The molecule has 1 atom stereocenters. The van der Waals surface area contributed by atoms with E-state index in [1.165, 1.54) is 6.07 Å². The number of imidazole rings is 1. The van der Waals surface area contributed by atoms with Gasteiger partial charge in [-0.05, 0) is 30.5 Å². The van der Waals surface area contributed by atoms with Crippen LogP contribution in [-0.2, 0) is 0 Å². The molecule has 2 aromatic rings. The minimum absolute atomic E-state index is 0.413. The number of hydrogen-bond acceptors (Lipinski definition) is 3. The molecule has 1 aromatic heterocycles. The van der Waals surface area contributed by atoms with Crippen molar-refractivity contribution in [3.8, 4) is 0 Å². The molecule has 1 N–H and O–H groups in total. The predicted molar refractivity (Wildman–Crippen MR) is 78.3 cm³/mol. The van der Waals surface area contributed by atoms with Gasteiger partial charge in [-0.25, -0.2) is 13.8 Å². The Hall–Kier alpha value is -1.79. The monoisotopic (exact) mass is 307 g/mol. The average molecular weight is 307 g/mol. The van der Waals surface area contributed by atoms with E-state index in [1.807, 2.05) is 12.5 Å². The summed E-state index contributed by atoms with van der Waals surface area (Å²) in [5.41, 5.74) is 0.413. The van der Waals surface area contributed by atoms with Gasteiger partial charge in [0.2, 0.25) is 0 Å². The molecule has 1 fully saturated rings. The molecule has 6 heteroatoms. The third kappa shape index (κ3) is 3.34. The highest BCUT2D eigenvalue weighted by molar-refractivity contribution is 5.20. The number of nitrogens with zero attached hydrogens (tertiary/aromatic N) is 3. The van der Waals surface area contributed by atoms with Crippen LogP contribution >= 0.6 is 0 Å². The highest BCUT2D eigenvalue weighted by atomic mass is 19.2. The fourth-order valence-electron chi connectivity index (χ4n) is 2.96. The number of piperidine rings is 1. The van der Waals surface area contributed by atoms with Crippen molar-refractivity contribution in [2.75, 3.05) is 19.6 Å². The topological polar surface area (TPSA) is 41.3 Å². The molecule has 4 nitrogen and oxygen atoms in total. The Morgan fingerprint density at radius 1 is 1.23 bits per heavy atom. The Labute approximate surface area is 128 Å². The standard InChI is InChI=1S/C16H19F2N3O/c17-14-2-1-12(9-15(14)18)16(22)10-20-6-3-13(4-7-20)21-8-5-19-11-21/h1-2,5,8-9,11,13,16,22H,3-4,6-7,10H2. The zero-order valence-electron chi connectivity index (χ0n) is 12.2. The molecule has 0 radical (unpaired) electrons. The first kappa shape index (κ1) is 15.1. The summed E-state index contributed by atoms with van der Waals surface area (Å²) in [6.45, 7) is 2.16. The second-order valence-corrected chi connectivity index (χ2v) is 5.73. The van der Waals surface area contributed by atoms with E-state index in [9.17, 15) is 13.9 Å². The van der Waals surface area contributed by atoms with Gasteiger partial charge in [0.25, 0.3) is 0 Å². The van der Waals surface area contributed by atoms with Crippen LogP contribution in [0.15, 0.2) is 36.9 Å². The molecule has 1 unspecified atom stereocenters. The first-order valence-electron chi connectivity index (χ1n) is 7.46. The van der Waals surface area contributed by atoms with Gasteiger partial charge >= 0.3 is 0 Å². The molecule has 118 valence electrons. The van der Waals surface area contributed by atoms with Gasteiger partial charge in [0.15, 0.2) is 11.6 Å². The van der Waals surface area contributed by atoms with Gasteiger partial charge in [-0.15, -0.1) is 0 Å². The number of aliphatic hydroxyl groups excluding tert-OH is 1. The summed E-state index contributed by atoms with van der Waals surface area (Å²) in [6, 6.07) is 4.00. The Bertz CT molecular complexity index is 610. The molecule has 0 amide bonds. The Balaban J connectivity index is 1.54. The van der Waals surface area contributed by atoms with Gasteiger partial charge in [-0.1, -0.05) is 6.07 Å². The fraction of sp³-hybridized carbons (Fsp3) is 0.438. The van der Waals surface area contributed by atoms with Gasteiger partial charge in [-0.3, -0.25) is 0 Å². The van der Waals surface area contributed by atoms with E-state index in [0.717, 1.165) is 38.1 Å². The number of β-amino-alcohol motifs (C(OH)–C–C–N with tert-alkyl or cyclic N) is 1. The van der Waals surface area contributed by atoms with E-state index < -0.39 is 17.7 Å². The molecule has 1 aromatic carbocycles. The molecule has 0 saturated carbocycles. The molecule has 1 saturated heterocycles. The second-order valence-electron chi connectivity index (χ2n) is 5.73. The molecule has 3 rings (SSSR count). The highest BCUT2D eigenvalue weighted by Gasteiger charge is 2.22. The Kier molecular flexibility index (Phi) is 4.49. The van der Waals surface area contributed by atoms with Crippen molar-refractivity contribution in [2.45, 2.75) is 25.0 Å². The van der Waals surface area contributed by atoms with E-state index in [0.29, 0.717) is 18.2 Å². The Morgan fingerprint density at radius 3 is 2.64 bits per heavy atom. The van der Waals surface area contributed by atoms with Gasteiger partial charge in [-0.2, -0.15) is 0 Å². The lowest BCUT2D eigenvalue weighted by molar-refractivity contribution is 0.0903. The van der Waals surface area contributed by atoms with E-state index in [4.69, 9.17) is 0 Å². The van der Waals surface area contributed by atoms with Crippen molar-refractivity contribution in [3.05, 3.63) is 54.1 Å². The summed E-state index contributed by atoms with van der Waals surface area (Å²) < 4.78 is 28.3. The third-order valence-corrected chi connectivity index (χ3v) is 4.26. The zero-order chi connectivity index (χ0) is 15.5. The normalized spacial score (nSPS) is 18.5. The van der Waals surface area contributed by atoms with Crippen LogP contribution in [0, 0.1) is 11.6 Å². The largest absolute Gasteiger partial charge is 0.387 e. The van der Waals surface area contributed by atoms with Crippen LogP contribution in [0.3, 0.4) is 0 Å². The van der Waals surface area contributed by atoms with Gasteiger partial charge < -0.3 is 14.6 Å². The molecule has 2 heterocycles. The highest BCUT2D eigenvalue weighted by Crippen LogP contribution is 2.24. The summed E-state index contributed by atoms with van der Waals surface area (Å²) in [4.78, 5) is 6.22. The minimum atomic E-state index is -0.921. The van der Waals surface area contributed by atoms with Crippen LogP contribution < -0.4 is 0 Å². The Morgan fingerprint density at radius 2 is 2.00 bits per heavy atom. The van der Waals surface area contributed by atoms with Crippen LogP contribution in [0.25, 0.3) is 0 Å². The van der Waals surface area contributed by atoms with Gasteiger partial charge in [0.05, 0.1) is 12.4 Å². The number of likely N-dealkylation sites (tertiary alicyclic amines) is 1. The lowest BCUT2D eigenvalue weighted by atomic mass is 10.0. The molecule has 0 aliphatic carbocycles. The molecular formula is C16H19F2N3O. The first-order chi connectivity index (χ1) is 10.6. The van der Waals surface area contributed by atoms with Crippen molar-refractivity contribution in [2.24, 2.45) is 0 Å². The van der Waals surface area contributed by atoms with Crippen molar-refractivity contribution < 1.29 is 13.9 Å². The number of benzene rings is 1. The van der Waals surface area contributed by atoms with Gasteiger partial charge in [0, 0.05) is 38.1 Å².